The second-order valence-corrected chi connectivity index (χ2v) is 7.17. The molecule has 1 unspecified atom stereocenters. The SMILES string of the molecule is CCCC1(COC)CCCN1c1ncnc2sc(C)cc12. The Morgan fingerprint density at radius 1 is 1.43 bits per heavy atom. The van der Waals surface area contributed by atoms with Crippen LogP contribution in [0.3, 0.4) is 0 Å². The van der Waals surface area contributed by atoms with E-state index in [0.29, 0.717) is 0 Å². The first-order valence-corrected chi connectivity index (χ1v) is 8.49. The van der Waals surface area contributed by atoms with E-state index >= 15 is 0 Å². The smallest absolute Gasteiger partial charge is 0.141 e. The van der Waals surface area contributed by atoms with Crippen LogP contribution in [0.5, 0.6) is 0 Å². The zero-order chi connectivity index (χ0) is 14.9. The molecule has 21 heavy (non-hydrogen) atoms. The van der Waals surface area contributed by atoms with Gasteiger partial charge in [0.1, 0.15) is 17.0 Å². The number of aryl methyl sites for hydroxylation is 1. The Hall–Kier alpha value is -1.20. The Balaban J connectivity index is 2.07. The van der Waals surface area contributed by atoms with Gasteiger partial charge in [-0.05, 0) is 32.3 Å². The Bertz CT molecular complexity index is 619. The fraction of sp³-hybridized carbons (Fsp3) is 0.625. The van der Waals surface area contributed by atoms with E-state index in [1.54, 1.807) is 24.8 Å². The summed E-state index contributed by atoms with van der Waals surface area (Å²) < 4.78 is 5.57. The maximum Gasteiger partial charge on any atom is 0.141 e. The summed E-state index contributed by atoms with van der Waals surface area (Å²) >= 11 is 1.74. The van der Waals surface area contributed by atoms with Crippen LogP contribution in [0.15, 0.2) is 12.4 Å². The molecule has 1 aliphatic heterocycles. The highest BCUT2D eigenvalue weighted by atomic mass is 32.1. The second-order valence-electron chi connectivity index (χ2n) is 5.94. The summed E-state index contributed by atoms with van der Waals surface area (Å²) in [4.78, 5) is 13.9. The molecule has 0 aliphatic carbocycles. The second kappa shape index (κ2) is 5.89. The molecule has 1 aliphatic rings. The van der Waals surface area contributed by atoms with Crippen molar-refractivity contribution in [2.75, 3.05) is 25.2 Å². The molecule has 3 rings (SSSR count). The van der Waals surface area contributed by atoms with Crippen molar-refractivity contribution >= 4 is 27.4 Å². The van der Waals surface area contributed by atoms with Crippen LogP contribution in [0.2, 0.25) is 0 Å². The molecule has 1 fully saturated rings. The number of methoxy groups -OCH3 is 1. The molecule has 1 saturated heterocycles. The Morgan fingerprint density at radius 3 is 3.05 bits per heavy atom. The first kappa shape index (κ1) is 14.7. The Kier molecular flexibility index (Phi) is 4.13. The minimum Gasteiger partial charge on any atom is -0.382 e. The highest BCUT2D eigenvalue weighted by molar-refractivity contribution is 7.18. The van der Waals surface area contributed by atoms with Crippen molar-refractivity contribution in [2.24, 2.45) is 0 Å². The number of anilines is 1. The van der Waals surface area contributed by atoms with Crippen LogP contribution in [0, 0.1) is 6.92 Å². The van der Waals surface area contributed by atoms with Gasteiger partial charge in [0.25, 0.3) is 0 Å². The molecule has 0 aromatic carbocycles. The lowest BCUT2D eigenvalue weighted by Gasteiger charge is -2.39. The highest BCUT2D eigenvalue weighted by Crippen LogP contribution is 2.40. The van der Waals surface area contributed by atoms with Gasteiger partial charge in [-0.2, -0.15) is 0 Å². The minimum atomic E-state index is 0.0978. The van der Waals surface area contributed by atoms with E-state index in [9.17, 15) is 0 Å². The number of fused-ring (bicyclic) bond motifs is 1. The number of nitrogens with zero attached hydrogens (tertiary/aromatic N) is 3. The lowest BCUT2D eigenvalue weighted by molar-refractivity contribution is 0.127. The molecule has 0 radical (unpaired) electrons. The van der Waals surface area contributed by atoms with E-state index in [-0.39, 0.29) is 5.54 Å². The van der Waals surface area contributed by atoms with Crippen LogP contribution in [0.1, 0.15) is 37.5 Å². The fourth-order valence-electron chi connectivity index (χ4n) is 3.66. The van der Waals surface area contributed by atoms with Crippen LogP contribution in [-0.2, 0) is 4.74 Å². The lowest BCUT2D eigenvalue weighted by Crippen LogP contribution is -2.48. The molecular weight excluding hydrogens is 282 g/mol. The average molecular weight is 305 g/mol. The largest absolute Gasteiger partial charge is 0.382 e. The molecule has 2 aromatic heterocycles. The van der Waals surface area contributed by atoms with Crippen molar-refractivity contribution < 1.29 is 4.74 Å². The van der Waals surface area contributed by atoms with E-state index in [1.807, 2.05) is 0 Å². The average Bonchev–Trinajstić information content (AvgIpc) is 3.02. The van der Waals surface area contributed by atoms with E-state index in [2.05, 4.69) is 34.8 Å². The third-order valence-electron chi connectivity index (χ3n) is 4.41. The molecule has 0 saturated carbocycles. The van der Waals surface area contributed by atoms with E-state index < -0.39 is 0 Å². The predicted molar refractivity (Wildman–Crippen MR) is 88.2 cm³/mol. The molecule has 3 heterocycles. The summed E-state index contributed by atoms with van der Waals surface area (Å²) in [5, 5.41) is 1.19. The predicted octanol–water partition coefficient (Wildman–Crippen LogP) is 3.79. The van der Waals surface area contributed by atoms with Crippen molar-refractivity contribution in [2.45, 2.75) is 45.1 Å². The molecule has 0 bridgehead atoms. The van der Waals surface area contributed by atoms with Gasteiger partial charge >= 0.3 is 0 Å². The maximum atomic E-state index is 5.57. The molecule has 4 nitrogen and oxygen atoms in total. The molecule has 1 atom stereocenters. The summed E-state index contributed by atoms with van der Waals surface area (Å²) in [7, 11) is 1.80. The van der Waals surface area contributed by atoms with E-state index in [1.165, 1.54) is 23.1 Å². The summed E-state index contributed by atoms with van der Waals surface area (Å²) in [5.41, 5.74) is 0.0978. The molecule has 0 N–H and O–H groups in total. The van der Waals surface area contributed by atoms with Gasteiger partial charge in [-0.3, -0.25) is 0 Å². The summed E-state index contributed by atoms with van der Waals surface area (Å²) in [6.45, 7) is 6.21. The van der Waals surface area contributed by atoms with Gasteiger partial charge in [0.05, 0.1) is 17.5 Å². The zero-order valence-electron chi connectivity index (χ0n) is 13.1. The summed E-state index contributed by atoms with van der Waals surface area (Å²) in [5.74, 6) is 1.09. The lowest BCUT2D eigenvalue weighted by atomic mass is 9.91. The number of hydrogen-bond acceptors (Lipinski definition) is 5. The fourth-order valence-corrected chi connectivity index (χ4v) is 4.51. The van der Waals surface area contributed by atoms with E-state index in [4.69, 9.17) is 4.74 Å². The van der Waals surface area contributed by atoms with Crippen molar-refractivity contribution in [3.05, 3.63) is 17.3 Å². The van der Waals surface area contributed by atoms with Crippen LogP contribution >= 0.6 is 11.3 Å². The Morgan fingerprint density at radius 2 is 2.29 bits per heavy atom. The number of thiophene rings is 1. The Labute approximate surface area is 130 Å². The van der Waals surface area contributed by atoms with Crippen LogP contribution in [0.4, 0.5) is 5.82 Å². The number of ether oxygens (including phenoxy) is 1. The maximum absolute atomic E-state index is 5.57. The molecule has 2 aromatic rings. The summed E-state index contributed by atoms with van der Waals surface area (Å²) in [6.07, 6.45) is 6.41. The van der Waals surface area contributed by atoms with Gasteiger partial charge < -0.3 is 9.64 Å². The molecule has 114 valence electrons. The van der Waals surface area contributed by atoms with Crippen LogP contribution < -0.4 is 4.90 Å². The van der Waals surface area contributed by atoms with Gasteiger partial charge in [0, 0.05) is 18.5 Å². The normalized spacial score (nSPS) is 22.3. The standard InChI is InChI=1S/C16H23N3OS/c1-4-6-16(10-20-3)7-5-8-19(16)14-13-9-12(2)21-15(13)18-11-17-14/h9,11H,4-8,10H2,1-3H3. The van der Waals surface area contributed by atoms with Crippen LogP contribution in [-0.4, -0.2) is 35.8 Å². The highest BCUT2D eigenvalue weighted by Gasteiger charge is 2.41. The third-order valence-corrected chi connectivity index (χ3v) is 5.37. The number of aromatic nitrogens is 2. The quantitative estimate of drug-likeness (QED) is 0.842. The first-order chi connectivity index (χ1) is 10.2. The van der Waals surface area contributed by atoms with Gasteiger partial charge in [0.15, 0.2) is 0 Å². The molecular formula is C16H23N3OS. The van der Waals surface area contributed by atoms with Crippen molar-refractivity contribution in [1.82, 2.24) is 9.97 Å². The summed E-state index contributed by atoms with van der Waals surface area (Å²) in [6, 6.07) is 2.22. The third kappa shape index (κ3) is 2.53. The molecule has 5 heteroatoms. The van der Waals surface area contributed by atoms with Gasteiger partial charge in [-0.15, -0.1) is 11.3 Å². The van der Waals surface area contributed by atoms with E-state index in [0.717, 1.165) is 36.6 Å². The number of hydrogen-bond donors (Lipinski definition) is 0. The monoisotopic (exact) mass is 305 g/mol. The first-order valence-electron chi connectivity index (χ1n) is 7.68. The zero-order valence-corrected chi connectivity index (χ0v) is 13.9. The molecule has 0 spiro atoms. The van der Waals surface area contributed by atoms with Gasteiger partial charge in [-0.1, -0.05) is 13.3 Å². The van der Waals surface area contributed by atoms with Crippen molar-refractivity contribution in [3.63, 3.8) is 0 Å². The number of rotatable bonds is 5. The van der Waals surface area contributed by atoms with Crippen molar-refractivity contribution in [1.29, 1.82) is 0 Å². The topological polar surface area (TPSA) is 38.2 Å². The molecule has 0 amide bonds. The van der Waals surface area contributed by atoms with Gasteiger partial charge in [-0.25, -0.2) is 9.97 Å². The van der Waals surface area contributed by atoms with Crippen molar-refractivity contribution in [3.8, 4) is 0 Å². The van der Waals surface area contributed by atoms with Gasteiger partial charge in [0.2, 0.25) is 0 Å². The van der Waals surface area contributed by atoms with Crippen LogP contribution in [0.25, 0.3) is 10.2 Å². The minimum absolute atomic E-state index is 0.0978.